The summed E-state index contributed by atoms with van der Waals surface area (Å²) in [5, 5.41) is 7.42. The number of nitrogens with one attached hydrogen (secondary N) is 2. The lowest BCUT2D eigenvalue weighted by molar-refractivity contribution is 0.340. The molecule has 0 spiro atoms. The lowest BCUT2D eigenvalue weighted by Crippen LogP contribution is -2.38. The highest BCUT2D eigenvalue weighted by Crippen LogP contribution is 2.34. The van der Waals surface area contributed by atoms with Gasteiger partial charge in [0.05, 0.1) is 6.61 Å². The summed E-state index contributed by atoms with van der Waals surface area (Å²) in [4.78, 5) is 0. The first kappa shape index (κ1) is 13.7. The second-order valence-electron chi connectivity index (χ2n) is 6.01. The highest BCUT2D eigenvalue weighted by atomic mass is 16.5. The fourth-order valence-corrected chi connectivity index (χ4v) is 3.75. The maximum absolute atomic E-state index is 5.50. The van der Waals surface area contributed by atoms with Gasteiger partial charge in [-0.1, -0.05) is 6.42 Å². The van der Waals surface area contributed by atoms with Gasteiger partial charge >= 0.3 is 0 Å². The van der Waals surface area contributed by atoms with Crippen LogP contribution in [0.4, 0.5) is 5.69 Å². The van der Waals surface area contributed by atoms with Gasteiger partial charge in [0.25, 0.3) is 0 Å². The van der Waals surface area contributed by atoms with Gasteiger partial charge in [-0.05, 0) is 69.3 Å². The normalized spacial score (nSPS) is 29.6. The van der Waals surface area contributed by atoms with Crippen LogP contribution in [0.5, 0.6) is 5.75 Å². The predicted molar refractivity (Wildman–Crippen MR) is 83.4 cm³/mol. The lowest BCUT2D eigenvalue weighted by atomic mass is 9.93. The molecule has 2 N–H and O–H groups in total. The van der Waals surface area contributed by atoms with Crippen LogP contribution in [0.3, 0.4) is 0 Å². The number of hydrogen-bond donors (Lipinski definition) is 2. The molecule has 2 fully saturated rings. The largest absolute Gasteiger partial charge is 0.494 e. The molecule has 0 amide bonds. The number of benzene rings is 1. The number of ether oxygens (including phenoxy) is 1. The second-order valence-corrected chi connectivity index (χ2v) is 6.01. The molecule has 110 valence electrons. The van der Waals surface area contributed by atoms with E-state index in [9.17, 15) is 0 Å². The SMILES string of the molecule is CCOc1ccc(NC2CCCC2C2CCCN2)cc1. The van der Waals surface area contributed by atoms with Gasteiger partial charge in [-0.25, -0.2) is 0 Å². The minimum atomic E-state index is 0.628. The molecular formula is C17H26N2O. The standard InChI is InChI=1S/C17H26N2O/c1-2-20-14-10-8-13(9-11-14)19-17-6-3-5-15(17)16-7-4-12-18-16/h8-11,15-19H,2-7,12H2,1H3. The van der Waals surface area contributed by atoms with Crippen LogP contribution in [0, 0.1) is 5.92 Å². The predicted octanol–water partition coefficient (Wildman–Crippen LogP) is 3.42. The van der Waals surface area contributed by atoms with E-state index in [2.05, 4.69) is 34.9 Å². The summed E-state index contributed by atoms with van der Waals surface area (Å²) in [6.07, 6.45) is 6.73. The Balaban J connectivity index is 1.60. The van der Waals surface area contributed by atoms with E-state index in [1.807, 2.05) is 6.92 Å². The van der Waals surface area contributed by atoms with Crippen LogP contribution in [0.1, 0.15) is 39.0 Å². The van der Waals surface area contributed by atoms with Crippen LogP contribution in [0.25, 0.3) is 0 Å². The van der Waals surface area contributed by atoms with Crippen molar-refractivity contribution < 1.29 is 4.74 Å². The molecule has 3 nitrogen and oxygen atoms in total. The van der Waals surface area contributed by atoms with E-state index in [0.29, 0.717) is 6.04 Å². The minimum Gasteiger partial charge on any atom is -0.494 e. The van der Waals surface area contributed by atoms with Crippen molar-refractivity contribution >= 4 is 5.69 Å². The molecule has 1 aliphatic heterocycles. The van der Waals surface area contributed by atoms with Crippen molar-refractivity contribution in [3.05, 3.63) is 24.3 Å². The van der Waals surface area contributed by atoms with Crippen molar-refractivity contribution in [1.29, 1.82) is 0 Å². The summed E-state index contributed by atoms with van der Waals surface area (Å²) in [7, 11) is 0. The summed E-state index contributed by atoms with van der Waals surface area (Å²) in [6.45, 7) is 3.95. The Morgan fingerprint density at radius 2 is 2.00 bits per heavy atom. The van der Waals surface area contributed by atoms with Gasteiger partial charge in [0.15, 0.2) is 0 Å². The van der Waals surface area contributed by atoms with Gasteiger partial charge < -0.3 is 15.4 Å². The van der Waals surface area contributed by atoms with E-state index in [1.54, 1.807) is 0 Å². The van der Waals surface area contributed by atoms with E-state index >= 15 is 0 Å². The van der Waals surface area contributed by atoms with Crippen LogP contribution >= 0.6 is 0 Å². The molecule has 0 bridgehead atoms. The molecule has 1 saturated carbocycles. The first-order valence-corrected chi connectivity index (χ1v) is 8.09. The van der Waals surface area contributed by atoms with E-state index in [1.165, 1.54) is 44.3 Å². The molecule has 0 radical (unpaired) electrons. The molecule has 1 aromatic carbocycles. The molecule has 1 saturated heterocycles. The van der Waals surface area contributed by atoms with Gasteiger partial charge in [0.1, 0.15) is 5.75 Å². The Kier molecular flexibility index (Phi) is 4.46. The molecule has 1 heterocycles. The fourth-order valence-electron chi connectivity index (χ4n) is 3.75. The Hall–Kier alpha value is -1.22. The van der Waals surface area contributed by atoms with Crippen molar-refractivity contribution in [3.63, 3.8) is 0 Å². The van der Waals surface area contributed by atoms with Crippen molar-refractivity contribution in [3.8, 4) is 5.75 Å². The van der Waals surface area contributed by atoms with Crippen molar-refractivity contribution in [2.45, 2.75) is 51.1 Å². The molecule has 3 rings (SSSR count). The molecule has 0 aromatic heterocycles. The number of anilines is 1. The molecule has 20 heavy (non-hydrogen) atoms. The Labute approximate surface area is 122 Å². The zero-order valence-electron chi connectivity index (χ0n) is 12.4. The monoisotopic (exact) mass is 274 g/mol. The van der Waals surface area contributed by atoms with Gasteiger partial charge in [-0.15, -0.1) is 0 Å². The maximum Gasteiger partial charge on any atom is 0.119 e. The van der Waals surface area contributed by atoms with Gasteiger partial charge in [-0.3, -0.25) is 0 Å². The van der Waals surface area contributed by atoms with E-state index in [-0.39, 0.29) is 0 Å². The third-order valence-corrected chi connectivity index (χ3v) is 4.70. The molecule has 3 unspecified atom stereocenters. The third kappa shape index (κ3) is 3.09. The van der Waals surface area contributed by atoms with Gasteiger partial charge in [-0.2, -0.15) is 0 Å². The zero-order valence-corrected chi connectivity index (χ0v) is 12.4. The zero-order chi connectivity index (χ0) is 13.8. The minimum absolute atomic E-state index is 0.628. The van der Waals surface area contributed by atoms with Crippen molar-refractivity contribution in [2.75, 3.05) is 18.5 Å². The van der Waals surface area contributed by atoms with E-state index in [0.717, 1.165) is 24.3 Å². The summed E-state index contributed by atoms with van der Waals surface area (Å²) < 4.78 is 5.50. The molecular weight excluding hydrogens is 248 g/mol. The smallest absolute Gasteiger partial charge is 0.119 e. The van der Waals surface area contributed by atoms with Crippen LogP contribution in [0.2, 0.25) is 0 Å². The molecule has 2 aliphatic rings. The highest BCUT2D eigenvalue weighted by molar-refractivity contribution is 5.47. The maximum atomic E-state index is 5.50. The molecule has 3 heteroatoms. The summed E-state index contributed by atoms with van der Waals surface area (Å²) in [5.41, 5.74) is 1.23. The summed E-state index contributed by atoms with van der Waals surface area (Å²) in [6, 6.07) is 9.76. The Morgan fingerprint density at radius 1 is 1.15 bits per heavy atom. The molecule has 1 aromatic rings. The average molecular weight is 274 g/mol. The number of hydrogen-bond acceptors (Lipinski definition) is 3. The van der Waals surface area contributed by atoms with Gasteiger partial charge in [0.2, 0.25) is 0 Å². The topological polar surface area (TPSA) is 33.3 Å². The fraction of sp³-hybridized carbons (Fsp3) is 0.647. The van der Waals surface area contributed by atoms with Crippen LogP contribution < -0.4 is 15.4 Å². The second kappa shape index (κ2) is 6.49. The van der Waals surface area contributed by atoms with Gasteiger partial charge in [0, 0.05) is 17.8 Å². The van der Waals surface area contributed by atoms with Crippen molar-refractivity contribution in [1.82, 2.24) is 5.32 Å². The first-order valence-electron chi connectivity index (χ1n) is 8.09. The first-order chi connectivity index (χ1) is 9.86. The van der Waals surface area contributed by atoms with Crippen LogP contribution in [-0.2, 0) is 0 Å². The Bertz CT molecular complexity index is 412. The lowest BCUT2D eigenvalue weighted by Gasteiger charge is -2.27. The van der Waals surface area contributed by atoms with Crippen molar-refractivity contribution in [2.24, 2.45) is 5.92 Å². The van der Waals surface area contributed by atoms with Crippen LogP contribution in [0.15, 0.2) is 24.3 Å². The number of rotatable bonds is 5. The highest BCUT2D eigenvalue weighted by Gasteiger charge is 2.34. The quantitative estimate of drug-likeness (QED) is 0.863. The summed E-state index contributed by atoms with van der Waals surface area (Å²) in [5.74, 6) is 1.75. The third-order valence-electron chi connectivity index (χ3n) is 4.70. The molecule has 3 atom stereocenters. The van der Waals surface area contributed by atoms with E-state index in [4.69, 9.17) is 4.74 Å². The van der Waals surface area contributed by atoms with E-state index < -0.39 is 0 Å². The average Bonchev–Trinajstić information content (AvgIpc) is 3.12. The van der Waals surface area contributed by atoms with Crippen LogP contribution in [-0.4, -0.2) is 25.2 Å². The summed E-state index contributed by atoms with van der Waals surface area (Å²) >= 11 is 0. The molecule has 1 aliphatic carbocycles. The Morgan fingerprint density at radius 3 is 2.70 bits per heavy atom.